The highest BCUT2D eigenvalue weighted by molar-refractivity contribution is 7.88. The third kappa shape index (κ3) is 13.2. The van der Waals surface area contributed by atoms with E-state index in [9.17, 15) is 59.6 Å². The number of rotatable bonds is 13. The molecule has 0 spiro atoms. The van der Waals surface area contributed by atoms with E-state index in [-0.39, 0.29) is 28.2 Å². The van der Waals surface area contributed by atoms with Crippen molar-refractivity contribution in [1.82, 2.24) is 26.6 Å². The lowest BCUT2D eigenvalue weighted by Gasteiger charge is -2.32. The Morgan fingerprint density at radius 1 is 0.861 bits per heavy atom. The monoisotopic (exact) mass is 1170 g/mol. The van der Waals surface area contributed by atoms with Crippen molar-refractivity contribution in [3.63, 3.8) is 0 Å². The van der Waals surface area contributed by atoms with Crippen molar-refractivity contribution >= 4 is 67.2 Å². The van der Waals surface area contributed by atoms with Gasteiger partial charge >= 0.3 is 37.5 Å². The van der Waals surface area contributed by atoms with Crippen LogP contribution in [0, 0.1) is 10.1 Å². The average molecular weight is 1170 g/mol. The van der Waals surface area contributed by atoms with Crippen LogP contribution in [0.5, 0.6) is 46.0 Å². The fourth-order valence-electron chi connectivity index (χ4n) is 7.89. The molecule has 26 nitrogen and oxygen atoms in total. The number of ether oxygens (including phenoxy) is 6. The molecule has 3 heterocycles. The van der Waals surface area contributed by atoms with Gasteiger partial charge in [0, 0.05) is 41.9 Å². The highest BCUT2D eigenvalue weighted by Crippen LogP contribution is 2.50. The van der Waals surface area contributed by atoms with Crippen LogP contribution in [-0.4, -0.2) is 115 Å². The summed E-state index contributed by atoms with van der Waals surface area (Å²) >= 11 is 6.70. The van der Waals surface area contributed by atoms with E-state index in [1.54, 1.807) is 0 Å². The zero-order valence-corrected chi connectivity index (χ0v) is 44.9. The van der Waals surface area contributed by atoms with Crippen LogP contribution < -0.4 is 58.6 Å². The molecule has 4 aromatic carbocycles. The van der Waals surface area contributed by atoms with Crippen molar-refractivity contribution in [3.8, 4) is 57.1 Å². The summed E-state index contributed by atoms with van der Waals surface area (Å²) in [6.07, 6.45) is -2.24. The summed E-state index contributed by atoms with van der Waals surface area (Å²) in [5, 5.41) is 35.8. The Kier molecular flexibility index (Phi) is 17.4. The largest absolute Gasteiger partial charge is 0.534 e. The molecule has 5 amide bonds. The first kappa shape index (κ1) is 59.9. The van der Waals surface area contributed by atoms with Crippen LogP contribution >= 0.6 is 11.6 Å². The van der Waals surface area contributed by atoms with Gasteiger partial charge in [-0.3, -0.25) is 29.3 Å². The molecule has 4 aromatic rings. The number of nitrogens with zero attached hydrogens (tertiary/aromatic N) is 1. The van der Waals surface area contributed by atoms with Crippen LogP contribution in [0.4, 0.5) is 23.7 Å². The van der Waals surface area contributed by atoms with Gasteiger partial charge in [0.1, 0.15) is 59.7 Å². The number of amides is 5. The molecule has 0 saturated carbocycles. The second kappa shape index (κ2) is 23.0. The highest BCUT2D eigenvalue weighted by atomic mass is 35.5. The number of nitrogens with one attached hydrogen (secondary N) is 5. The maximum Gasteiger partial charge on any atom is 0.534 e. The normalized spacial score (nSPS) is 18.5. The Balaban J connectivity index is 1.86. The topological polar surface area (TPSA) is 351 Å². The fourth-order valence-corrected chi connectivity index (χ4v) is 9.08. The van der Waals surface area contributed by atoms with E-state index in [4.69, 9.17) is 44.2 Å². The van der Waals surface area contributed by atoms with Gasteiger partial charge in [-0.25, -0.2) is 4.79 Å². The van der Waals surface area contributed by atoms with Gasteiger partial charge in [-0.2, -0.15) is 30.0 Å². The molecule has 3 aliphatic heterocycles. The number of alkyl halides is 3. The molecule has 3 aliphatic rings. The zero-order chi connectivity index (χ0) is 58.9. The summed E-state index contributed by atoms with van der Waals surface area (Å²) in [4.78, 5) is 85.3. The minimum atomic E-state index is -6.76. The number of hydrogen-bond acceptors (Lipinski definition) is 20. The Bertz CT molecular complexity index is 3390. The van der Waals surface area contributed by atoms with Crippen LogP contribution in [0.15, 0.2) is 61.2 Å². The molecule has 426 valence electrons. The van der Waals surface area contributed by atoms with Crippen molar-refractivity contribution < 1.29 is 101 Å². The van der Waals surface area contributed by atoms with Crippen LogP contribution in [0.1, 0.15) is 67.3 Å². The first-order valence-corrected chi connectivity index (χ1v) is 26.1. The lowest BCUT2D eigenvalue weighted by atomic mass is 9.88. The van der Waals surface area contributed by atoms with Crippen molar-refractivity contribution in [2.24, 2.45) is 0 Å². The number of carbonyl (C=O) groups is 5. The second-order valence-corrected chi connectivity index (χ2v) is 21.3. The maximum absolute atomic E-state index is 15.3. The van der Waals surface area contributed by atoms with Crippen LogP contribution in [0.25, 0.3) is 11.1 Å². The minimum absolute atomic E-state index is 0.0703. The van der Waals surface area contributed by atoms with Crippen molar-refractivity contribution in [1.29, 1.82) is 0 Å². The summed E-state index contributed by atoms with van der Waals surface area (Å²) in [5.74, 6) is -11.4. The molecule has 0 aliphatic carbocycles. The number of alkyl carbamates (subject to hydrolysis) is 1. The maximum atomic E-state index is 15.3. The molecule has 5 atom stereocenters. The molecule has 0 saturated heterocycles. The Hall–Kier alpha value is -8.29. The number of likely N-dealkylation sites (N-methyl/N-ethyl adjacent to an activating group) is 1. The SMILES string of the molecule is C=CCOc1c2cc(cc1OS(C)(=O)=O)[C@@H](NC(=O)OC(C)(C)C)C(=O)N[C@@H]1C(=O)N[C@@H](C(=O)N[C@H](C(=O)NC)c3cc(OC)cc(OC)c3-c3cc1c(OS(=O)(=O)C(F)(F)F)cc3OC)[C@@H](O)c1cc(Cl)c(c([N+](=O)[O-])c1)O2. The Morgan fingerprint density at radius 3 is 2.10 bits per heavy atom. The molecule has 0 radical (unpaired) electrons. The molecule has 0 aromatic heterocycles. The van der Waals surface area contributed by atoms with Crippen molar-refractivity contribution in [3.05, 3.63) is 98.6 Å². The predicted octanol–water partition coefficient (Wildman–Crippen LogP) is 4.74. The molecule has 32 heteroatoms. The van der Waals surface area contributed by atoms with E-state index in [0.29, 0.717) is 18.4 Å². The number of nitro groups is 1. The van der Waals surface area contributed by atoms with Gasteiger partial charge in [0.15, 0.2) is 17.2 Å². The van der Waals surface area contributed by atoms with E-state index >= 15 is 9.59 Å². The van der Waals surface area contributed by atoms with Gasteiger partial charge in [-0.15, -0.1) is 0 Å². The molecule has 79 heavy (non-hydrogen) atoms. The average Bonchev–Trinajstić information content (AvgIpc) is 3.39. The molecule has 0 fully saturated rings. The number of benzene rings is 4. The molecular formula is C47H48ClF3N6O20S2. The van der Waals surface area contributed by atoms with Crippen molar-refractivity contribution in [2.45, 2.75) is 62.2 Å². The fraction of sp³-hybridized carbons (Fsp3) is 0.340. The first-order valence-electron chi connectivity index (χ1n) is 22.5. The highest BCUT2D eigenvalue weighted by Gasteiger charge is 2.50. The van der Waals surface area contributed by atoms with Gasteiger partial charge in [0.2, 0.25) is 35.1 Å². The van der Waals surface area contributed by atoms with E-state index in [0.717, 1.165) is 51.6 Å². The third-order valence-corrected chi connectivity index (χ3v) is 12.9. The van der Waals surface area contributed by atoms with Gasteiger partial charge in [0.25, 0.3) is 0 Å². The lowest BCUT2D eigenvalue weighted by molar-refractivity contribution is -0.385. The summed E-state index contributed by atoms with van der Waals surface area (Å²) < 4.78 is 138. The van der Waals surface area contributed by atoms with Gasteiger partial charge < -0.3 is 68.5 Å². The molecule has 0 unspecified atom stereocenters. The van der Waals surface area contributed by atoms with E-state index in [1.165, 1.54) is 40.0 Å². The number of hydrogen-bond donors (Lipinski definition) is 6. The van der Waals surface area contributed by atoms with Gasteiger partial charge in [-0.1, -0.05) is 24.3 Å². The standard InChI is InChI=1S/C47H48ClF3N6O20S2/c1-10-11-73-40-31-14-20(15-32(40)76-78(9,66)67)34(56-45(63)75-46(2,3)4)42(60)53-35-24-18-23(28(71-7)19-29(24)77-79(68,69)47(49,50)51)33-25(16-22(70-6)17-30(33)72-8)36(41(59)52-5)54-44(62)37(55-43(35)61)38(58)21-12-26(48)39(74-31)27(13-21)57(64)65/h10,12-19,34-38,58H,1,11H2,2-9H3,(H,52,59)(H,53,60)(H,54,62)(H,55,61)(H,56,63)/t34-,35+,36+,37-,38+/m1/s1. The van der Waals surface area contributed by atoms with Gasteiger partial charge in [0.05, 0.1) is 37.5 Å². The lowest BCUT2D eigenvalue weighted by Crippen LogP contribution is -2.55. The summed E-state index contributed by atoms with van der Waals surface area (Å²) in [7, 11) is -6.98. The third-order valence-electron chi connectivity index (χ3n) is 11.2. The van der Waals surface area contributed by atoms with E-state index in [1.807, 2.05) is 0 Å². The quantitative estimate of drug-likeness (QED) is 0.0346. The number of aliphatic hydroxyl groups is 1. The number of methoxy groups -OCH3 is 3. The number of fused-ring (bicyclic) bond motifs is 8. The van der Waals surface area contributed by atoms with E-state index in [2.05, 4.69) is 37.3 Å². The van der Waals surface area contributed by atoms with E-state index < -0.39 is 165 Å². The molecule has 8 bridgehead atoms. The van der Waals surface area contributed by atoms with Crippen LogP contribution in [0.2, 0.25) is 5.02 Å². The first-order chi connectivity index (χ1) is 36.8. The van der Waals surface area contributed by atoms with Crippen molar-refractivity contribution in [2.75, 3.05) is 41.2 Å². The smallest absolute Gasteiger partial charge is 0.497 e. The number of carbonyl (C=O) groups excluding carboxylic acids is 5. The summed E-state index contributed by atoms with van der Waals surface area (Å²) in [6, 6.07) is -2.75. The molecular weight excluding hydrogens is 1130 g/mol. The number of halogens is 4. The predicted molar refractivity (Wildman–Crippen MR) is 268 cm³/mol. The second-order valence-electron chi connectivity index (χ2n) is 17.8. The Morgan fingerprint density at radius 2 is 1.53 bits per heavy atom. The molecule has 7 rings (SSSR count). The summed E-state index contributed by atoms with van der Waals surface area (Å²) in [5.41, 5.74) is -12.0. The van der Waals surface area contributed by atoms with Crippen LogP contribution in [-0.2, 0) is 44.2 Å². The summed E-state index contributed by atoms with van der Waals surface area (Å²) in [6.45, 7) is 7.26. The molecule has 6 N–H and O–H groups in total. The number of nitro benzene ring substituents is 1. The van der Waals surface area contributed by atoms with Crippen LogP contribution in [0.3, 0.4) is 0 Å². The zero-order valence-electron chi connectivity index (χ0n) is 42.5. The number of aliphatic hydroxyl groups excluding tert-OH is 1. The minimum Gasteiger partial charge on any atom is -0.497 e. The Labute approximate surface area is 452 Å². The van der Waals surface area contributed by atoms with Gasteiger partial charge in [-0.05, 0) is 67.8 Å².